The fraction of sp³-hybridized carbons (Fsp3) is 0.133. The number of ketones is 1. The van der Waals surface area contributed by atoms with Crippen LogP contribution in [0.4, 0.5) is 5.69 Å². The van der Waals surface area contributed by atoms with Crippen LogP contribution >= 0.6 is 15.9 Å². The molecule has 2 aromatic rings. The molecule has 0 radical (unpaired) electrons. The molecule has 1 aliphatic heterocycles. The van der Waals surface area contributed by atoms with E-state index in [0.717, 1.165) is 0 Å². The Hall–Kier alpha value is -2.29. The van der Waals surface area contributed by atoms with Crippen molar-refractivity contribution in [3.8, 4) is 5.75 Å². The maximum atomic E-state index is 12.8. The Morgan fingerprint density at radius 3 is 2.74 bits per heavy atom. The van der Waals surface area contributed by atoms with E-state index >= 15 is 0 Å². The minimum atomic E-state index is -2.31. The van der Waals surface area contributed by atoms with Crippen molar-refractivity contribution in [1.29, 1.82) is 0 Å². The van der Waals surface area contributed by atoms with Gasteiger partial charge in [-0.3, -0.25) is 14.9 Å². The van der Waals surface area contributed by atoms with Crippen molar-refractivity contribution < 1.29 is 19.6 Å². The number of nitrogens with zero attached hydrogens (tertiary/aromatic N) is 1. The molecule has 23 heavy (non-hydrogen) atoms. The van der Waals surface area contributed by atoms with Crippen LogP contribution in [0, 0.1) is 10.1 Å². The van der Waals surface area contributed by atoms with Crippen LogP contribution in [0.15, 0.2) is 40.9 Å². The van der Waals surface area contributed by atoms with Gasteiger partial charge in [-0.1, -0.05) is 34.1 Å². The lowest BCUT2D eigenvalue weighted by Crippen LogP contribution is -2.55. The van der Waals surface area contributed by atoms with E-state index in [9.17, 15) is 20.0 Å². The normalized spacial score (nSPS) is 27.2. The summed E-state index contributed by atoms with van der Waals surface area (Å²) in [4.78, 5) is 23.5. The van der Waals surface area contributed by atoms with Crippen LogP contribution in [0.1, 0.15) is 21.5 Å². The highest BCUT2D eigenvalue weighted by molar-refractivity contribution is 9.10. The topological polar surface area (TPSA) is 116 Å². The van der Waals surface area contributed by atoms with Crippen LogP contribution in [-0.4, -0.2) is 15.8 Å². The number of carbonyl (C=O) groups excluding carboxylic acids is 1. The Labute approximate surface area is 138 Å². The van der Waals surface area contributed by atoms with Gasteiger partial charge in [0.1, 0.15) is 11.3 Å². The second-order valence-corrected chi connectivity index (χ2v) is 6.40. The number of carbonyl (C=O) groups is 1. The van der Waals surface area contributed by atoms with Gasteiger partial charge in [0.15, 0.2) is 11.3 Å². The second kappa shape index (κ2) is 4.16. The van der Waals surface area contributed by atoms with Gasteiger partial charge in [-0.15, -0.1) is 0 Å². The summed E-state index contributed by atoms with van der Waals surface area (Å²) >= 11 is 3.27. The van der Waals surface area contributed by atoms with E-state index in [1.54, 1.807) is 18.2 Å². The van der Waals surface area contributed by atoms with Crippen molar-refractivity contribution in [2.75, 3.05) is 0 Å². The van der Waals surface area contributed by atoms with Gasteiger partial charge < -0.3 is 15.6 Å². The summed E-state index contributed by atoms with van der Waals surface area (Å²) in [6.07, 6.45) is 0. The smallest absolute Gasteiger partial charge is 0.280 e. The molecule has 1 aliphatic carbocycles. The molecule has 0 bridgehead atoms. The fourth-order valence-corrected chi connectivity index (χ4v) is 3.64. The Bertz CT molecular complexity index is 915. The van der Waals surface area contributed by atoms with Crippen LogP contribution < -0.4 is 10.5 Å². The van der Waals surface area contributed by atoms with Gasteiger partial charge in [-0.25, -0.2) is 0 Å². The number of rotatable bonds is 1. The Balaban J connectivity index is 2.07. The van der Waals surface area contributed by atoms with Crippen LogP contribution in [0.3, 0.4) is 0 Å². The third-order valence-corrected chi connectivity index (χ3v) is 4.83. The SMILES string of the molecule is NC12C(=O)c3cccc([N+](=O)[O-])c3C1(O)Oc1cc(Br)ccc12. The molecule has 4 rings (SSSR count). The molecule has 0 saturated carbocycles. The first-order valence-electron chi connectivity index (χ1n) is 6.63. The highest BCUT2D eigenvalue weighted by atomic mass is 79.9. The van der Waals surface area contributed by atoms with E-state index in [1.807, 2.05) is 0 Å². The molecule has 116 valence electrons. The third kappa shape index (κ3) is 1.48. The predicted molar refractivity (Wildman–Crippen MR) is 82.0 cm³/mol. The van der Waals surface area contributed by atoms with Gasteiger partial charge in [-0.2, -0.15) is 0 Å². The summed E-state index contributed by atoms with van der Waals surface area (Å²) in [5.74, 6) is -2.71. The number of nitrogens with two attached hydrogens (primary N) is 1. The number of nitro groups is 1. The molecule has 8 heteroatoms. The fourth-order valence-electron chi connectivity index (χ4n) is 3.30. The predicted octanol–water partition coefficient (Wildman–Crippen LogP) is 1.95. The number of Topliss-reactive ketones (excluding diaryl/α,β-unsaturated/α-hetero) is 1. The van der Waals surface area contributed by atoms with Gasteiger partial charge in [0.25, 0.3) is 11.5 Å². The average molecular weight is 377 g/mol. The molecule has 0 spiro atoms. The maximum Gasteiger partial charge on any atom is 0.280 e. The summed E-state index contributed by atoms with van der Waals surface area (Å²) in [6.45, 7) is 0. The van der Waals surface area contributed by atoms with Crippen molar-refractivity contribution in [2.24, 2.45) is 5.73 Å². The minimum absolute atomic E-state index is 0.00207. The first-order chi connectivity index (χ1) is 10.8. The van der Waals surface area contributed by atoms with E-state index < -0.39 is 27.7 Å². The Morgan fingerprint density at radius 2 is 2.04 bits per heavy atom. The average Bonchev–Trinajstić information content (AvgIpc) is 2.83. The van der Waals surface area contributed by atoms with Gasteiger partial charge >= 0.3 is 0 Å². The molecule has 0 amide bonds. The van der Waals surface area contributed by atoms with E-state index in [2.05, 4.69) is 15.9 Å². The molecule has 3 N–H and O–H groups in total. The van der Waals surface area contributed by atoms with E-state index in [0.29, 0.717) is 10.0 Å². The van der Waals surface area contributed by atoms with Crippen molar-refractivity contribution in [2.45, 2.75) is 11.3 Å². The van der Waals surface area contributed by atoms with Crippen LogP contribution in [-0.2, 0) is 11.3 Å². The first-order valence-corrected chi connectivity index (χ1v) is 7.43. The quantitative estimate of drug-likeness (QED) is 0.580. The molecule has 2 unspecified atom stereocenters. The zero-order valence-corrected chi connectivity index (χ0v) is 13.0. The molecule has 0 fully saturated rings. The highest BCUT2D eigenvalue weighted by Crippen LogP contribution is 2.58. The summed E-state index contributed by atoms with van der Waals surface area (Å²) in [5.41, 5.74) is 4.02. The van der Waals surface area contributed by atoms with E-state index in [-0.39, 0.29) is 16.9 Å². The number of fused-ring (bicyclic) bond motifs is 5. The van der Waals surface area contributed by atoms with Crippen molar-refractivity contribution in [3.05, 3.63) is 67.7 Å². The zero-order valence-electron chi connectivity index (χ0n) is 11.4. The monoisotopic (exact) mass is 376 g/mol. The maximum absolute atomic E-state index is 12.8. The number of aliphatic hydroxyl groups is 1. The molecular formula is C15H9BrN2O5. The Kier molecular flexibility index (Phi) is 2.59. The number of halogens is 1. The molecule has 1 heterocycles. The third-order valence-electron chi connectivity index (χ3n) is 4.34. The lowest BCUT2D eigenvalue weighted by Gasteiger charge is -2.29. The van der Waals surface area contributed by atoms with Crippen LogP contribution in [0.2, 0.25) is 0 Å². The van der Waals surface area contributed by atoms with Gasteiger partial charge in [0.2, 0.25) is 0 Å². The van der Waals surface area contributed by atoms with Gasteiger partial charge in [0.05, 0.1) is 4.92 Å². The largest absolute Gasteiger partial charge is 0.455 e. The van der Waals surface area contributed by atoms with Crippen molar-refractivity contribution >= 4 is 27.4 Å². The number of benzene rings is 2. The summed E-state index contributed by atoms with van der Waals surface area (Å²) < 4.78 is 6.23. The lowest BCUT2D eigenvalue weighted by atomic mass is 9.84. The van der Waals surface area contributed by atoms with Crippen LogP contribution in [0.5, 0.6) is 5.75 Å². The zero-order chi connectivity index (χ0) is 16.6. The van der Waals surface area contributed by atoms with E-state index in [4.69, 9.17) is 10.5 Å². The summed E-state index contributed by atoms with van der Waals surface area (Å²) in [7, 11) is 0. The van der Waals surface area contributed by atoms with Gasteiger partial charge in [0, 0.05) is 21.7 Å². The molecule has 2 aromatic carbocycles. The molecule has 7 nitrogen and oxygen atoms in total. The molecule has 2 atom stereocenters. The number of ether oxygens (including phenoxy) is 1. The second-order valence-electron chi connectivity index (χ2n) is 5.48. The number of hydrogen-bond donors (Lipinski definition) is 2. The van der Waals surface area contributed by atoms with Crippen LogP contribution in [0.25, 0.3) is 0 Å². The highest BCUT2D eigenvalue weighted by Gasteiger charge is 2.71. The summed E-state index contributed by atoms with van der Waals surface area (Å²) in [6, 6.07) is 8.77. The summed E-state index contributed by atoms with van der Waals surface area (Å²) in [5, 5.41) is 22.4. The first kappa shape index (κ1) is 14.3. The van der Waals surface area contributed by atoms with E-state index in [1.165, 1.54) is 18.2 Å². The van der Waals surface area contributed by atoms with Crippen molar-refractivity contribution in [1.82, 2.24) is 0 Å². The molecule has 2 aliphatic rings. The lowest BCUT2D eigenvalue weighted by molar-refractivity contribution is -0.388. The standard InChI is InChI=1S/C15H9BrN2O5/c16-7-4-5-9-11(6-7)23-15(20)12-8(13(19)14(9,15)17)2-1-3-10(12)18(21)22/h1-6,20H,17H2. The Morgan fingerprint density at radius 1 is 1.30 bits per heavy atom. The number of nitro benzene ring substituents is 1. The van der Waals surface area contributed by atoms with Crippen molar-refractivity contribution in [3.63, 3.8) is 0 Å². The molecular weight excluding hydrogens is 368 g/mol. The molecule has 0 aromatic heterocycles. The minimum Gasteiger partial charge on any atom is -0.455 e. The van der Waals surface area contributed by atoms with Gasteiger partial charge in [-0.05, 0) is 12.1 Å². The molecule has 0 saturated heterocycles. The number of hydrogen-bond acceptors (Lipinski definition) is 6.